The SMILES string of the molecule is C#CC.CCCC.CNCCCN=NN(C)CCc1ccc([N+](=O)[O-])cc1. The summed E-state index contributed by atoms with van der Waals surface area (Å²) in [6, 6.07) is 6.59. The Kier molecular flexibility index (Phi) is 19.7. The number of rotatable bonds is 10. The largest absolute Gasteiger partial charge is 0.320 e. The van der Waals surface area contributed by atoms with Gasteiger partial charge in [0.05, 0.1) is 11.5 Å². The summed E-state index contributed by atoms with van der Waals surface area (Å²) in [5.74, 6) is 2.25. The molecule has 1 aromatic rings. The summed E-state index contributed by atoms with van der Waals surface area (Å²) in [7, 11) is 3.78. The van der Waals surface area contributed by atoms with Crippen molar-refractivity contribution < 1.29 is 4.92 Å². The smallest absolute Gasteiger partial charge is 0.269 e. The molecule has 0 aromatic heterocycles. The average Bonchev–Trinajstić information content (AvgIpc) is 2.67. The number of terminal acetylenes is 1. The highest BCUT2D eigenvalue weighted by molar-refractivity contribution is 5.32. The number of non-ortho nitro benzene ring substituents is 1. The van der Waals surface area contributed by atoms with Crippen LogP contribution in [0.3, 0.4) is 0 Å². The van der Waals surface area contributed by atoms with Gasteiger partial charge in [-0.3, -0.25) is 15.1 Å². The predicted molar refractivity (Wildman–Crippen MR) is 113 cm³/mol. The van der Waals surface area contributed by atoms with Gasteiger partial charge in [-0.1, -0.05) is 44.0 Å². The minimum absolute atomic E-state index is 0.117. The maximum absolute atomic E-state index is 10.5. The van der Waals surface area contributed by atoms with Crippen molar-refractivity contribution in [3.8, 4) is 12.3 Å². The summed E-state index contributed by atoms with van der Waals surface area (Å²) >= 11 is 0. The molecule has 0 radical (unpaired) electrons. The van der Waals surface area contributed by atoms with Gasteiger partial charge in [-0.25, -0.2) is 0 Å². The van der Waals surface area contributed by atoms with Crippen molar-refractivity contribution in [3.63, 3.8) is 0 Å². The highest BCUT2D eigenvalue weighted by Gasteiger charge is 2.04. The van der Waals surface area contributed by atoms with Gasteiger partial charge < -0.3 is 5.32 Å². The first-order chi connectivity index (χ1) is 13.0. The van der Waals surface area contributed by atoms with Crippen LogP contribution in [0.5, 0.6) is 0 Å². The molecule has 1 rings (SSSR count). The first-order valence-electron chi connectivity index (χ1n) is 9.30. The van der Waals surface area contributed by atoms with Crippen LogP contribution in [0.15, 0.2) is 34.6 Å². The predicted octanol–water partition coefficient (Wildman–Crippen LogP) is 4.49. The van der Waals surface area contributed by atoms with E-state index in [0.717, 1.165) is 31.5 Å². The standard InChI is InChI=1S/C13H21N5O2.C4H10.C3H4/c1-14-9-3-10-15-16-17(2)11-8-12-4-6-13(7-5-12)18(19)20;1-3-4-2;1-3-2/h4-7,14H,3,8-11H2,1-2H3;3-4H2,1-2H3;1H,2H3. The van der Waals surface area contributed by atoms with E-state index in [1.165, 1.54) is 25.0 Å². The normalized spacial score (nSPS) is 9.48. The molecule has 0 fully saturated rings. The Balaban J connectivity index is 0. The number of benzene rings is 1. The van der Waals surface area contributed by atoms with E-state index in [1.54, 1.807) is 24.1 Å². The Bertz CT molecular complexity index is 536. The van der Waals surface area contributed by atoms with E-state index >= 15 is 0 Å². The molecule has 152 valence electrons. The zero-order valence-corrected chi connectivity index (χ0v) is 17.4. The van der Waals surface area contributed by atoms with Crippen molar-refractivity contribution in [1.82, 2.24) is 10.3 Å². The molecule has 0 spiro atoms. The topological polar surface area (TPSA) is 83.1 Å². The number of nitro benzene ring substituents is 1. The summed E-state index contributed by atoms with van der Waals surface area (Å²) in [6.07, 6.45) is 8.99. The second-order valence-corrected chi connectivity index (χ2v) is 5.76. The van der Waals surface area contributed by atoms with E-state index in [-0.39, 0.29) is 5.69 Å². The molecule has 0 bridgehead atoms. The van der Waals surface area contributed by atoms with E-state index in [4.69, 9.17) is 0 Å². The average molecular weight is 378 g/mol. The Morgan fingerprint density at radius 3 is 2.26 bits per heavy atom. The fourth-order valence-electron chi connectivity index (χ4n) is 1.60. The van der Waals surface area contributed by atoms with Crippen LogP contribution < -0.4 is 5.32 Å². The van der Waals surface area contributed by atoms with Crippen LogP contribution in [-0.2, 0) is 6.42 Å². The Morgan fingerprint density at radius 2 is 1.81 bits per heavy atom. The lowest BCUT2D eigenvalue weighted by molar-refractivity contribution is -0.384. The van der Waals surface area contributed by atoms with Crippen LogP contribution in [0.1, 0.15) is 45.6 Å². The van der Waals surface area contributed by atoms with Gasteiger partial charge >= 0.3 is 0 Å². The molecule has 0 aliphatic carbocycles. The van der Waals surface area contributed by atoms with Gasteiger partial charge in [-0.2, -0.15) is 5.11 Å². The molecule has 1 N–H and O–H groups in total. The van der Waals surface area contributed by atoms with Gasteiger partial charge in [0.15, 0.2) is 0 Å². The third kappa shape index (κ3) is 18.1. The molecule has 0 unspecified atom stereocenters. The summed E-state index contributed by atoms with van der Waals surface area (Å²) in [4.78, 5) is 10.1. The van der Waals surface area contributed by atoms with Gasteiger partial charge in [-0.15, -0.1) is 12.3 Å². The molecule has 0 amide bonds. The molecule has 0 atom stereocenters. The third-order valence-corrected chi connectivity index (χ3v) is 3.27. The minimum atomic E-state index is -0.394. The number of nitrogens with one attached hydrogen (secondary N) is 1. The molecular formula is C20H35N5O2. The van der Waals surface area contributed by atoms with Crippen LogP contribution in [0.2, 0.25) is 0 Å². The molecule has 0 saturated heterocycles. The van der Waals surface area contributed by atoms with Crippen LogP contribution in [0.4, 0.5) is 5.69 Å². The molecular weight excluding hydrogens is 342 g/mol. The molecule has 7 nitrogen and oxygen atoms in total. The number of hydrogen-bond acceptors (Lipinski definition) is 5. The maximum atomic E-state index is 10.5. The lowest BCUT2D eigenvalue weighted by Crippen LogP contribution is -2.14. The van der Waals surface area contributed by atoms with Crippen molar-refractivity contribution in [3.05, 3.63) is 39.9 Å². The maximum Gasteiger partial charge on any atom is 0.269 e. The van der Waals surface area contributed by atoms with Crippen molar-refractivity contribution in [2.75, 3.05) is 33.7 Å². The number of nitrogens with zero attached hydrogens (tertiary/aromatic N) is 4. The third-order valence-electron chi connectivity index (χ3n) is 3.27. The highest BCUT2D eigenvalue weighted by atomic mass is 16.6. The number of unbranched alkanes of at least 4 members (excludes halogenated alkanes) is 1. The van der Waals surface area contributed by atoms with E-state index in [2.05, 4.69) is 41.8 Å². The fraction of sp³-hybridized carbons (Fsp3) is 0.600. The van der Waals surface area contributed by atoms with Crippen LogP contribution in [0.25, 0.3) is 0 Å². The Hall–Kier alpha value is -2.46. The van der Waals surface area contributed by atoms with Gasteiger partial charge in [0.2, 0.25) is 0 Å². The van der Waals surface area contributed by atoms with E-state index in [0.29, 0.717) is 6.54 Å². The van der Waals surface area contributed by atoms with E-state index in [1.807, 2.05) is 14.1 Å². The number of nitro groups is 1. The fourth-order valence-corrected chi connectivity index (χ4v) is 1.60. The first-order valence-corrected chi connectivity index (χ1v) is 9.30. The summed E-state index contributed by atoms with van der Waals surface area (Å²) in [5.41, 5.74) is 1.17. The van der Waals surface area contributed by atoms with Crippen LogP contribution in [-0.4, -0.2) is 43.7 Å². The molecule has 7 heteroatoms. The molecule has 27 heavy (non-hydrogen) atoms. The zero-order chi connectivity index (χ0) is 20.9. The molecule has 0 saturated carbocycles. The quantitative estimate of drug-likeness (QED) is 0.214. The van der Waals surface area contributed by atoms with Crippen molar-refractivity contribution >= 4 is 5.69 Å². The second kappa shape index (κ2) is 19.9. The Labute approximate surface area is 164 Å². The van der Waals surface area contributed by atoms with Gasteiger partial charge in [0.25, 0.3) is 5.69 Å². The lowest BCUT2D eigenvalue weighted by Gasteiger charge is -2.10. The van der Waals surface area contributed by atoms with Crippen molar-refractivity contribution in [2.45, 2.75) is 46.5 Å². The van der Waals surface area contributed by atoms with E-state index < -0.39 is 4.92 Å². The minimum Gasteiger partial charge on any atom is -0.320 e. The summed E-state index contributed by atoms with van der Waals surface area (Å²) < 4.78 is 0. The molecule has 0 aliphatic rings. The first kappa shape index (κ1) is 26.8. The monoisotopic (exact) mass is 377 g/mol. The van der Waals surface area contributed by atoms with Crippen molar-refractivity contribution in [2.24, 2.45) is 10.3 Å². The summed E-state index contributed by atoms with van der Waals surface area (Å²) in [6.45, 7) is 8.39. The second-order valence-electron chi connectivity index (χ2n) is 5.76. The van der Waals surface area contributed by atoms with Crippen LogP contribution in [0, 0.1) is 22.5 Å². The lowest BCUT2D eigenvalue weighted by atomic mass is 10.1. The number of likely N-dealkylation sites (N-methyl/N-ethyl adjacent to an activating group) is 1. The summed E-state index contributed by atoms with van der Waals surface area (Å²) in [5, 5.41) is 23.5. The molecule has 0 heterocycles. The Morgan fingerprint density at radius 1 is 1.26 bits per heavy atom. The van der Waals surface area contributed by atoms with E-state index in [9.17, 15) is 10.1 Å². The van der Waals surface area contributed by atoms with Gasteiger partial charge in [0.1, 0.15) is 0 Å². The van der Waals surface area contributed by atoms with Gasteiger partial charge in [0, 0.05) is 25.7 Å². The molecule has 0 aliphatic heterocycles. The van der Waals surface area contributed by atoms with Gasteiger partial charge in [-0.05, 0) is 38.9 Å². The number of hydrogen-bond donors (Lipinski definition) is 1. The zero-order valence-electron chi connectivity index (χ0n) is 17.4. The van der Waals surface area contributed by atoms with Crippen LogP contribution >= 0.6 is 0 Å². The highest BCUT2D eigenvalue weighted by Crippen LogP contribution is 2.12. The molecule has 1 aromatic carbocycles. The van der Waals surface area contributed by atoms with Crippen molar-refractivity contribution in [1.29, 1.82) is 0 Å².